The third kappa shape index (κ3) is 4.23. The average Bonchev–Trinajstić information content (AvgIpc) is 2.79. The summed E-state index contributed by atoms with van der Waals surface area (Å²) in [6.45, 7) is 4.37. The van der Waals surface area contributed by atoms with Crippen LogP contribution in [0, 0.1) is 6.92 Å². The normalized spacial score (nSPS) is 11.8. The lowest BCUT2D eigenvalue weighted by atomic mass is 9.95. The Labute approximate surface area is 181 Å². The average molecular weight is 417 g/mol. The Hall–Kier alpha value is -3.80. The van der Waals surface area contributed by atoms with Crippen molar-refractivity contribution in [1.82, 2.24) is 4.98 Å². The molecule has 0 amide bonds. The van der Waals surface area contributed by atoms with Crippen LogP contribution in [0.5, 0.6) is 17.2 Å². The van der Waals surface area contributed by atoms with Crippen LogP contribution in [0.4, 0.5) is 5.82 Å². The molecule has 3 N–H and O–H groups in total. The Kier molecular flexibility index (Phi) is 5.89. The fourth-order valence-electron chi connectivity index (χ4n) is 3.64. The van der Waals surface area contributed by atoms with E-state index in [9.17, 15) is 5.11 Å². The van der Waals surface area contributed by atoms with E-state index < -0.39 is 0 Å². The number of phenolic OH excluding ortho intramolecular Hbond substituents is 1. The number of fused-ring (bicyclic) bond motifs is 1. The number of hydrogen-bond acceptors (Lipinski definition) is 5. The first-order valence-corrected chi connectivity index (χ1v) is 10.2. The van der Waals surface area contributed by atoms with E-state index in [1.807, 2.05) is 80.7 Å². The van der Waals surface area contributed by atoms with Gasteiger partial charge in [0.2, 0.25) is 0 Å². The van der Waals surface area contributed by atoms with Gasteiger partial charge in [0.25, 0.3) is 5.82 Å². The van der Waals surface area contributed by atoms with Crippen molar-refractivity contribution in [3.05, 3.63) is 83.7 Å². The van der Waals surface area contributed by atoms with Gasteiger partial charge in [-0.15, -0.1) is 0 Å². The Balaban J connectivity index is 1.87. The minimum absolute atomic E-state index is 0.156. The number of benzene rings is 2. The van der Waals surface area contributed by atoms with Gasteiger partial charge in [-0.05, 0) is 44.2 Å². The Bertz CT molecular complexity index is 1200. The summed E-state index contributed by atoms with van der Waals surface area (Å²) < 4.78 is 11.2. The molecule has 2 aromatic heterocycles. The van der Waals surface area contributed by atoms with Crippen LogP contribution in [0.1, 0.15) is 29.8 Å². The molecule has 6 heteroatoms. The van der Waals surface area contributed by atoms with Gasteiger partial charge in [-0.2, -0.15) is 0 Å². The number of aromatic hydroxyl groups is 1. The van der Waals surface area contributed by atoms with E-state index in [4.69, 9.17) is 9.47 Å². The summed E-state index contributed by atoms with van der Waals surface area (Å²) in [6.07, 6.45) is 1.85. The summed E-state index contributed by atoms with van der Waals surface area (Å²) >= 11 is 0. The van der Waals surface area contributed by atoms with Gasteiger partial charge >= 0.3 is 0 Å². The Morgan fingerprint density at radius 3 is 2.65 bits per heavy atom. The number of aromatic amines is 1. The standard InChI is InChI=1S/C25H25N3O3/c1-4-31-21-15-18(11-13-20(21)30-3)23(28-22-7-5-6-14-26-22)19-12-10-17-9-8-16(2)27-24(17)25(19)29/h5-15,23,29H,4H2,1-3H3,(H,26,28)/p+1/t23-/m0/s1. The van der Waals surface area contributed by atoms with Gasteiger partial charge < -0.3 is 14.6 Å². The van der Waals surface area contributed by atoms with Crippen LogP contribution in [0.3, 0.4) is 0 Å². The highest BCUT2D eigenvalue weighted by Gasteiger charge is 2.25. The minimum Gasteiger partial charge on any atom is -0.505 e. The monoisotopic (exact) mass is 416 g/mol. The molecule has 4 rings (SSSR count). The highest BCUT2D eigenvalue weighted by Crippen LogP contribution is 2.39. The van der Waals surface area contributed by atoms with Crippen LogP contribution in [0.15, 0.2) is 66.9 Å². The molecule has 0 unspecified atom stereocenters. The van der Waals surface area contributed by atoms with Crippen LogP contribution in [-0.2, 0) is 0 Å². The van der Waals surface area contributed by atoms with E-state index >= 15 is 0 Å². The Morgan fingerprint density at radius 2 is 1.90 bits per heavy atom. The van der Waals surface area contributed by atoms with Crippen molar-refractivity contribution in [2.75, 3.05) is 19.0 Å². The summed E-state index contributed by atoms with van der Waals surface area (Å²) in [5.74, 6) is 2.29. The lowest BCUT2D eigenvalue weighted by Gasteiger charge is -2.19. The maximum Gasteiger partial charge on any atom is 0.272 e. The van der Waals surface area contributed by atoms with Crippen molar-refractivity contribution in [2.45, 2.75) is 19.9 Å². The number of pyridine rings is 2. The fourth-order valence-corrected chi connectivity index (χ4v) is 3.64. The van der Waals surface area contributed by atoms with Crippen molar-refractivity contribution in [3.8, 4) is 17.2 Å². The first-order valence-electron chi connectivity index (χ1n) is 10.2. The SMILES string of the molecule is CCOc1cc([C@H](Nc2cccc[nH+]2)c2ccc3ccc(C)nc3c2O)ccc1OC. The second kappa shape index (κ2) is 8.92. The third-order valence-electron chi connectivity index (χ3n) is 5.15. The number of aromatic nitrogens is 2. The number of nitrogens with zero attached hydrogens (tertiary/aromatic N) is 1. The number of aryl methyl sites for hydroxylation is 1. The highest BCUT2D eigenvalue weighted by molar-refractivity contribution is 5.86. The number of phenols is 1. The largest absolute Gasteiger partial charge is 0.505 e. The molecule has 6 nitrogen and oxygen atoms in total. The zero-order valence-corrected chi connectivity index (χ0v) is 17.8. The van der Waals surface area contributed by atoms with E-state index in [0.717, 1.165) is 28.0 Å². The molecule has 158 valence electrons. The number of methoxy groups -OCH3 is 1. The Morgan fingerprint density at radius 1 is 1.06 bits per heavy atom. The van der Waals surface area contributed by atoms with E-state index in [-0.39, 0.29) is 11.8 Å². The van der Waals surface area contributed by atoms with Crippen LogP contribution >= 0.6 is 0 Å². The lowest BCUT2D eigenvalue weighted by Crippen LogP contribution is -2.19. The van der Waals surface area contributed by atoms with E-state index in [1.54, 1.807) is 7.11 Å². The van der Waals surface area contributed by atoms with E-state index in [2.05, 4.69) is 15.3 Å². The van der Waals surface area contributed by atoms with Crippen LogP contribution < -0.4 is 19.8 Å². The topological polar surface area (TPSA) is 77.8 Å². The first-order chi connectivity index (χ1) is 15.1. The third-order valence-corrected chi connectivity index (χ3v) is 5.15. The van der Waals surface area contributed by atoms with E-state index in [0.29, 0.717) is 23.6 Å². The predicted molar refractivity (Wildman–Crippen MR) is 121 cm³/mol. The van der Waals surface area contributed by atoms with Crippen molar-refractivity contribution in [2.24, 2.45) is 0 Å². The van der Waals surface area contributed by atoms with Gasteiger partial charge in [-0.25, -0.2) is 9.97 Å². The molecule has 1 atom stereocenters. The van der Waals surface area contributed by atoms with Crippen molar-refractivity contribution >= 4 is 16.7 Å². The predicted octanol–water partition coefficient (Wildman–Crippen LogP) is 4.67. The zero-order valence-electron chi connectivity index (χ0n) is 17.8. The van der Waals surface area contributed by atoms with Gasteiger partial charge in [-0.1, -0.05) is 24.3 Å². The second-order valence-electron chi connectivity index (χ2n) is 7.22. The van der Waals surface area contributed by atoms with E-state index in [1.165, 1.54) is 0 Å². The number of hydrogen-bond donors (Lipinski definition) is 2. The summed E-state index contributed by atoms with van der Waals surface area (Å²) in [5.41, 5.74) is 3.07. The highest BCUT2D eigenvalue weighted by atomic mass is 16.5. The van der Waals surface area contributed by atoms with Crippen LogP contribution in [0.2, 0.25) is 0 Å². The van der Waals surface area contributed by atoms with Gasteiger partial charge in [0.05, 0.1) is 19.9 Å². The summed E-state index contributed by atoms with van der Waals surface area (Å²) in [6, 6.07) is 19.1. The number of nitrogens with one attached hydrogen (secondary N) is 2. The fraction of sp³-hybridized carbons (Fsp3) is 0.200. The molecule has 2 aromatic carbocycles. The zero-order chi connectivity index (χ0) is 21.8. The van der Waals surface area contributed by atoms with Gasteiger partial charge in [0.1, 0.15) is 17.3 Å². The van der Waals surface area contributed by atoms with Gasteiger partial charge in [-0.3, -0.25) is 5.32 Å². The molecule has 0 aliphatic heterocycles. The van der Waals surface area contributed by atoms with Crippen molar-refractivity contribution < 1.29 is 19.6 Å². The summed E-state index contributed by atoms with van der Waals surface area (Å²) in [7, 11) is 1.62. The molecule has 0 spiro atoms. The first kappa shape index (κ1) is 20.5. The maximum absolute atomic E-state index is 11.2. The lowest BCUT2D eigenvalue weighted by molar-refractivity contribution is -0.361. The summed E-state index contributed by atoms with van der Waals surface area (Å²) in [4.78, 5) is 7.77. The molecule has 0 saturated carbocycles. The molecular weight excluding hydrogens is 390 g/mol. The molecule has 2 heterocycles. The quantitative estimate of drug-likeness (QED) is 0.458. The minimum atomic E-state index is -0.351. The molecule has 0 fully saturated rings. The molecule has 0 saturated heterocycles. The molecule has 4 aromatic rings. The van der Waals surface area contributed by atoms with Crippen molar-refractivity contribution in [3.63, 3.8) is 0 Å². The number of H-pyrrole nitrogens is 1. The smallest absolute Gasteiger partial charge is 0.272 e. The number of anilines is 1. The number of rotatable bonds is 7. The second-order valence-corrected chi connectivity index (χ2v) is 7.22. The maximum atomic E-state index is 11.2. The molecular formula is C25H26N3O3+. The van der Waals surface area contributed by atoms with Crippen LogP contribution in [-0.4, -0.2) is 23.8 Å². The van der Waals surface area contributed by atoms with Crippen molar-refractivity contribution in [1.29, 1.82) is 0 Å². The van der Waals surface area contributed by atoms with Gasteiger partial charge in [0.15, 0.2) is 11.5 Å². The molecule has 0 bridgehead atoms. The molecule has 0 aliphatic carbocycles. The van der Waals surface area contributed by atoms with Crippen LogP contribution in [0.25, 0.3) is 10.9 Å². The molecule has 0 radical (unpaired) electrons. The van der Waals surface area contributed by atoms with Gasteiger partial charge in [0, 0.05) is 28.3 Å². The molecule has 31 heavy (non-hydrogen) atoms. The molecule has 0 aliphatic rings. The summed E-state index contributed by atoms with van der Waals surface area (Å²) in [5, 5.41) is 15.6. The number of ether oxygens (including phenoxy) is 2.